The van der Waals surface area contributed by atoms with Crippen LogP contribution in [0.3, 0.4) is 0 Å². The summed E-state index contributed by atoms with van der Waals surface area (Å²) in [7, 11) is 0. The summed E-state index contributed by atoms with van der Waals surface area (Å²) in [5.74, 6) is 1.37. The van der Waals surface area contributed by atoms with Gasteiger partial charge >= 0.3 is 0 Å². The van der Waals surface area contributed by atoms with Crippen molar-refractivity contribution in [3.63, 3.8) is 0 Å². The van der Waals surface area contributed by atoms with Crippen LogP contribution in [0, 0.1) is 5.92 Å². The highest BCUT2D eigenvalue weighted by Gasteiger charge is 2.21. The van der Waals surface area contributed by atoms with Crippen LogP contribution in [-0.4, -0.2) is 29.0 Å². The SMILES string of the molecule is CC1CCN(c2ncc(C(=O)N(Cc3ccccc3)c3ccccc3)cn2)CC1. The number of carbonyl (C=O) groups is 1. The van der Waals surface area contributed by atoms with Gasteiger partial charge in [0.25, 0.3) is 5.91 Å². The second kappa shape index (κ2) is 8.86. The number of hydrogen-bond acceptors (Lipinski definition) is 4. The van der Waals surface area contributed by atoms with Gasteiger partial charge in [-0.05, 0) is 36.5 Å². The van der Waals surface area contributed by atoms with Gasteiger partial charge < -0.3 is 9.80 Å². The molecule has 0 unspecified atom stereocenters. The molecule has 3 aromatic rings. The van der Waals surface area contributed by atoms with Crippen LogP contribution >= 0.6 is 0 Å². The second-order valence-electron chi connectivity index (χ2n) is 7.65. The van der Waals surface area contributed by atoms with Crippen molar-refractivity contribution in [2.45, 2.75) is 26.3 Å². The molecule has 0 bridgehead atoms. The fourth-order valence-corrected chi connectivity index (χ4v) is 3.61. The zero-order valence-corrected chi connectivity index (χ0v) is 16.7. The average molecular weight is 386 g/mol. The molecule has 2 aromatic carbocycles. The van der Waals surface area contributed by atoms with Crippen LogP contribution in [0.4, 0.5) is 11.6 Å². The van der Waals surface area contributed by atoms with E-state index in [1.807, 2.05) is 60.7 Å². The van der Waals surface area contributed by atoms with Crippen molar-refractivity contribution >= 4 is 17.5 Å². The maximum atomic E-state index is 13.3. The minimum Gasteiger partial charge on any atom is -0.341 e. The minimum atomic E-state index is -0.0983. The van der Waals surface area contributed by atoms with Gasteiger partial charge in [-0.1, -0.05) is 55.5 Å². The Hall–Kier alpha value is -3.21. The van der Waals surface area contributed by atoms with E-state index in [4.69, 9.17) is 0 Å². The van der Waals surface area contributed by atoms with Crippen LogP contribution in [0.25, 0.3) is 0 Å². The number of anilines is 2. The molecule has 0 saturated carbocycles. The Bertz CT molecular complexity index is 920. The third-order valence-electron chi connectivity index (χ3n) is 5.45. The third kappa shape index (κ3) is 4.62. The maximum Gasteiger partial charge on any atom is 0.261 e. The smallest absolute Gasteiger partial charge is 0.261 e. The van der Waals surface area contributed by atoms with Gasteiger partial charge in [0.05, 0.1) is 12.1 Å². The molecule has 0 aliphatic carbocycles. The number of piperidine rings is 1. The van der Waals surface area contributed by atoms with Crippen LogP contribution in [-0.2, 0) is 6.54 Å². The first-order valence-electron chi connectivity index (χ1n) is 10.2. The number of aromatic nitrogens is 2. The van der Waals surface area contributed by atoms with E-state index in [9.17, 15) is 4.79 Å². The lowest BCUT2D eigenvalue weighted by molar-refractivity contribution is 0.0984. The van der Waals surface area contributed by atoms with Gasteiger partial charge in [0, 0.05) is 31.2 Å². The highest BCUT2D eigenvalue weighted by Crippen LogP contribution is 2.22. The summed E-state index contributed by atoms with van der Waals surface area (Å²) in [4.78, 5) is 26.3. The van der Waals surface area contributed by atoms with Gasteiger partial charge in [-0.15, -0.1) is 0 Å². The molecule has 0 radical (unpaired) electrons. The Kier molecular flexibility index (Phi) is 5.84. The molecule has 1 aromatic heterocycles. The molecule has 1 aliphatic rings. The number of nitrogens with zero attached hydrogens (tertiary/aromatic N) is 4. The molecule has 29 heavy (non-hydrogen) atoms. The van der Waals surface area contributed by atoms with E-state index in [2.05, 4.69) is 21.8 Å². The number of benzene rings is 2. The van der Waals surface area contributed by atoms with Gasteiger partial charge in [-0.25, -0.2) is 9.97 Å². The summed E-state index contributed by atoms with van der Waals surface area (Å²) in [6.45, 7) is 4.72. The first-order chi connectivity index (χ1) is 14.2. The van der Waals surface area contributed by atoms with Gasteiger partial charge in [0.15, 0.2) is 0 Å². The van der Waals surface area contributed by atoms with E-state index < -0.39 is 0 Å². The first-order valence-corrected chi connectivity index (χ1v) is 10.2. The molecular formula is C24H26N4O. The molecule has 148 valence electrons. The maximum absolute atomic E-state index is 13.3. The Balaban J connectivity index is 1.55. The van der Waals surface area contributed by atoms with Crippen molar-refractivity contribution in [2.24, 2.45) is 5.92 Å². The predicted octanol–water partition coefficient (Wildman–Crippen LogP) is 4.56. The first kappa shape index (κ1) is 19.1. The van der Waals surface area contributed by atoms with E-state index >= 15 is 0 Å². The van der Waals surface area contributed by atoms with Crippen LogP contribution in [0.1, 0.15) is 35.7 Å². The molecule has 0 N–H and O–H groups in total. The summed E-state index contributed by atoms with van der Waals surface area (Å²) >= 11 is 0. The molecule has 1 aliphatic heterocycles. The third-order valence-corrected chi connectivity index (χ3v) is 5.45. The van der Waals surface area contributed by atoms with Crippen LogP contribution in [0.5, 0.6) is 0 Å². The van der Waals surface area contributed by atoms with Gasteiger partial charge in [0.1, 0.15) is 0 Å². The number of rotatable bonds is 5. The highest BCUT2D eigenvalue weighted by atomic mass is 16.2. The van der Waals surface area contributed by atoms with Crippen molar-refractivity contribution in [2.75, 3.05) is 22.9 Å². The fourth-order valence-electron chi connectivity index (χ4n) is 3.61. The van der Waals surface area contributed by atoms with E-state index in [1.165, 1.54) is 0 Å². The summed E-state index contributed by atoms with van der Waals surface area (Å²) in [5.41, 5.74) is 2.43. The quantitative estimate of drug-likeness (QED) is 0.645. The molecule has 4 rings (SSSR count). The number of amides is 1. The Morgan fingerprint density at radius 3 is 2.17 bits per heavy atom. The second-order valence-corrected chi connectivity index (χ2v) is 7.65. The van der Waals surface area contributed by atoms with Crippen molar-refractivity contribution in [1.29, 1.82) is 0 Å². The zero-order chi connectivity index (χ0) is 20.1. The summed E-state index contributed by atoms with van der Waals surface area (Å²) in [6, 6.07) is 19.7. The van der Waals surface area contributed by atoms with Crippen molar-refractivity contribution in [1.82, 2.24) is 9.97 Å². The number of carbonyl (C=O) groups excluding carboxylic acids is 1. The predicted molar refractivity (Wildman–Crippen MR) is 116 cm³/mol. The monoisotopic (exact) mass is 386 g/mol. The van der Waals surface area contributed by atoms with Crippen LogP contribution in [0.2, 0.25) is 0 Å². The molecular weight excluding hydrogens is 360 g/mol. The van der Waals surface area contributed by atoms with Gasteiger partial charge in [0.2, 0.25) is 5.95 Å². The van der Waals surface area contributed by atoms with E-state index in [1.54, 1.807) is 17.3 Å². The number of para-hydroxylation sites is 1. The molecule has 5 nitrogen and oxygen atoms in total. The lowest BCUT2D eigenvalue weighted by Crippen LogP contribution is -2.34. The Morgan fingerprint density at radius 1 is 0.966 bits per heavy atom. The minimum absolute atomic E-state index is 0.0983. The lowest BCUT2D eigenvalue weighted by atomic mass is 10.00. The Morgan fingerprint density at radius 2 is 1.55 bits per heavy atom. The zero-order valence-electron chi connectivity index (χ0n) is 16.7. The standard InChI is InChI=1S/C24H26N4O/c1-19-12-14-27(15-13-19)24-25-16-21(17-26-24)23(29)28(22-10-6-3-7-11-22)18-20-8-4-2-5-9-20/h2-11,16-17,19H,12-15,18H2,1H3. The van der Waals surface area contributed by atoms with Crippen molar-refractivity contribution in [3.05, 3.63) is 84.2 Å². The van der Waals surface area contributed by atoms with Crippen molar-refractivity contribution < 1.29 is 4.79 Å². The van der Waals surface area contributed by atoms with E-state index in [-0.39, 0.29) is 5.91 Å². The largest absolute Gasteiger partial charge is 0.341 e. The molecule has 2 heterocycles. The summed E-state index contributed by atoms with van der Waals surface area (Å²) < 4.78 is 0. The summed E-state index contributed by atoms with van der Waals surface area (Å²) in [6.07, 6.45) is 5.62. The van der Waals surface area contributed by atoms with Crippen LogP contribution < -0.4 is 9.80 Å². The molecule has 1 amide bonds. The van der Waals surface area contributed by atoms with E-state index in [0.29, 0.717) is 18.1 Å². The lowest BCUT2D eigenvalue weighted by Gasteiger charge is -2.30. The molecule has 0 atom stereocenters. The fraction of sp³-hybridized carbons (Fsp3) is 0.292. The number of hydrogen-bond donors (Lipinski definition) is 0. The van der Waals surface area contributed by atoms with Gasteiger partial charge in [-0.3, -0.25) is 4.79 Å². The molecule has 5 heteroatoms. The average Bonchev–Trinajstić information content (AvgIpc) is 2.79. The van der Waals surface area contributed by atoms with Crippen LogP contribution in [0.15, 0.2) is 73.1 Å². The summed E-state index contributed by atoms with van der Waals surface area (Å²) in [5, 5.41) is 0. The topological polar surface area (TPSA) is 49.3 Å². The van der Waals surface area contributed by atoms with E-state index in [0.717, 1.165) is 43.1 Å². The molecule has 0 spiro atoms. The molecule has 1 fully saturated rings. The molecule has 1 saturated heterocycles. The Labute approximate surface area is 172 Å². The van der Waals surface area contributed by atoms with Crippen molar-refractivity contribution in [3.8, 4) is 0 Å². The highest BCUT2D eigenvalue weighted by molar-refractivity contribution is 6.05. The van der Waals surface area contributed by atoms with Gasteiger partial charge in [-0.2, -0.15) is 0 Å². The normalized spacial score (nSPS) is 14.6.